The van der Waals surface area contributed by atoms with Gasteiger partial charge in [-0.3, -0.25) is 0 Å². The average Bonchev–Trinajstić information content (AvgIpc) is 2.49. The van der Waals surface area contributed by atoms with E-state index in [2.05, 4.69) is 22.3 Å². The van der Waals surface area contributed by atoms with Crippen molar-refractivity contribution < 1.29 is 0 Å². The van der Waals surface area contributed by atoms with Gasteiger partial charge in [0.15, 0.2) is 5.82 Å². The van der Waals surface area contributed by atoms with Gasteiger partial charge < -0.3 is 5.73 Å². The number of hydrogen-bond acceptors (Lipinski definition) is 5. The summed E-state index contributed by atoms with van der Waals surface area (Å²) in [6.07, 6.45) is 1.03. The average molecular weight is 201 g/mol. The number of nitrogens with two attached hydrogens (primary N) is 1. The number of aromatic nitrogens is 4. The maximum Gasteiger partial charge on any atom is 0.184 e. The molecule has 1 aromatic rings. The summed E-state index contributed by atoms with van der Waals surface area (Å²) in [4.78, 5) is 1.48. The minimum Gasteiger partial charge on any atom is -0.330 e. The highest BCUT2D eigenvalue weighted by Gasteiger charge is 2.05. The monoisotopic (exact) mass is 201 g/mol. The van der Waals surface area contributed by atoms with Gasteiger partial charge in [0.2, 0.25) is 0 Å². The third-order valence-corrected chi connectivity index (χ3v) is 2.85. The van der Waals surface area contributed by atoms with Crippen LogP contribution in [0.5, 0.6) is 0 Å². The van der Waals surface area contributed by atoms with E-state index in [9.17, 15) is 0 Å². The summed E-state index contributed by atoms with van der Waals surface area (Å²) >= 11 is 1.81. The summed E-state index contributed by atoms with van der Waals surface area (Å²) < 4.78 is 0. The zero-order valence-corrected chi connectivity index (χ0v) is 8.79. The Balaban J connectivity index is 2.26. The largest absolute Gasteiger partial charge is 0.330 e. The predicted octanol–water partition coefficient (Wildman–Crippen LogP) is 0.181. The number of thioether (sulfide) groups is 1. The fraction of sp³-hybridized carbons (Fsp3) is 0.857. The van der Waals surface area contributed by atoms with Crippen molar-refractivity contribution in [3.8, 4) is 0 Å². The summed E-state index contributed by atoms with van der Waals surface area (Å²) in [6.45, 7) is 2.90. The number of aryl methyl sites for hydroxylation is 1. The Hall–Kier alpha value is -0.620. The van der Waals surface area contributed by atoms with Crippen LogP contribution in [0.1, 0.15) is 19.2 Å². The van der Waals surface area contributed by atoms with Crippen LogP contribution in [0.25, 0.3) is 0 Å². The summed E-state index contributed by atoms with van der Waals surface area (Å²) in [5.74, 6) is 1.60. The second-order valence-corrected chi connectivity index (χ2v) is 4.32. The van der Waals surface area contributed by atoms with Gasteiger partial charge in [0, 0.05) is 5.25 Å². The van der Waals surface area contributed by atoms with Crippen molar-refractivity contribution in [2.75, 3.05) is 6.54 Å². The van der Waals surface area contributed by atoms with Crippen LogP contribution in [0.2, 0.25) is 0 Å². The first-order chi connectivity index (χ1) is 6.22. The molecule has 1 atom stereocenters. The van der Waals surface area contributed by atoms with E-state index in [1.165, 1.54) is 4.80 Å². The molecule has 1 aromatic heterocycles. The van der Waals surface area contributed by atoms with Crippen LogP contribution in [0.15, 0.2) is 0 Å². The van der Waals surface area contributed by atoms with E-state index in [4.69, 9.17) is 5.73 Å². The standard InChI is InChI=1S/C7H15N5S/c1-6(3-4-8)13-5-7-9-11-12(2)10-7/h6H,3-5,8H2,1-2H3. The lowest BCUT2D eigenvalue weighted by atomic mass is 10.3. The van der Waals surface area contributed by atoms with Gasteiger partial charge in [0.25, 0.3) is 0 Å². The highest BCUT2D eigenvalue weighted by atomic mass is 32.2. The lowest BCUT2D eigenvalue weighted by molar-refractivity contribution is 0.628. The Bertz CT molecular complexity index is 249. The van der Waals surface area contributed by atoms with Crippen LogP contribution in [-0.2, 0) is 12.8 Å². The fourth-order valence-electron chi connectivity index (χ4n) is 0.916. The molecule has 0 saturated heterocycles. The SMILES string of the molecule is CC(CCN)SCc1nnn(C)n1. The first kappa shape index (κ1) is 10.5. The van der Waals surface area contributed by atoms with E-state index in [-0.39, 0.29) is 0 Å². The van der Waals surface area contributed by atoms with Gasteiger partial charge in [-0.05, 0) is 18.2 Å². The van der Waals surface area contributed by atoms with Crippen molar-refractivity contribution in [2.24, 2.45) is 12.8 Å². The molecule has 0 aliphatic carbocycles. The third kappa shape index (κ3) is 3.73. The van der Waals surface area contributed by atoms with Gasteiger partial charge in [-0.25, -0.2) is 0 Å². The van der Waals surface area contributed by atoms with Gasteiger partial charge in [-0.1, -0.05) is 6.92 Å². The topological polar surface area (TPSA) is 69.6 Å². The van der Waals surface area contributed by atoms with Crippen molar-refractivity contribution >= 4 is 11.8 Å². The molecule has 13 heavy (non-hydrogen) atoms. The molecule has 0 aromatic carbocycles. The molecule has 5 nitrogen and oxygen atoms in total. The number of nitrogens with zero attached hydrogens (tertiary/aromatic N) is 4. The lowest BCUT2D eigenvalue weighted by Crippen LogP contribution is -2.07. The van der Waals surface area contributed by atoms with Crippen molar-refractivity contribution in [3.05, 3.63) is 5.82 Å². The molecule has 0 bridgehead atoms. The number of rotatable bonds is 5. The molecule has 1 rings (SSSR count). The quantitative estimate of drug-likeness (QED) is 0.736. The highest BCUT2D eigenvalue weighted by molar-refractivity contribution is 7.99. The first-order valence-electron chi connectivity index (χ1n) is 4.27. The van der Waals surface area contributed by atoms with Gasteiger partial charge in [-0.2, -0.15) is 16.6 Å². The van der Waals surface area contributed by atoms with Crippen LogP contribution < -0.4 is 5.73 Å². The van der Waals surface area contributed by atoms with Crippen molar-refractivity contribution in [3.63, 3.8) is 0 Å². The van der Waals surface area contributed by atoms with Crippen LogP contribution in [0.3, 0.4) is 0 Å². The van der Waals surface area contributed by atoms with Crippen LogP contribution in [0.4, 0.5) is 0 Å². The van der Waals surface area contributed by atoms with E-state index in [0.29, 0.717) is 5.25 Å². The second kappa shape index (κ2) is 5.18. The predicted molar refractivity (Wildman–Crippen MR) is 53.2 cm³/mol. The van der Waals surface area contributed by atoms with Gasteiger partial charge in [0.1, 0.15) is 0 Å². The molecule has 1 unspecified atom stereocenters. The van der Waals surface area contributed by atoms with Crippen LogP contribution >= 0.6 is 11.8 Å². The molecule has 74 valence electrons. The van der Waals surface area contributed by atoms with E-state index >= 15 is 0 Å². The molecule has 1 heterocycles. The van der Waals surface area contributed by atoms with Gasteiger partial charge in [0.05, 0.1) is 12.8 Å². The number of tetrazole rings is 1. The normalized spacial score (nSPS) is 13.2. The van der Waals surface area contributed by atoms with E-state index in [1.807, 2.05) is 11.8 Å². The molecule has 0 spiro atoms. The second-order valence-electron chi connectivity index (χ2n) is 2.89. The first-order valence-corrected chi connectivity index (χ1v) is 5.31. The van der Waals surface area contributed by atoms with Crippen molar-refractivity contribution in [1.29, 1.82) is 0 Å². The Morgan fingerprint density at radius 3 is 2.92 bits per heavy atom. The molecular formula is C7H15N5S. The summed E-state index contributed by atoms with van der Waals surface area (Å²) in [6, 6.07) is 0. The Kier molecular flexibility index (Phi) is 4.17. The minimum absolute atomic E-state index is 0.564. The maximum absolute atomic E-state index is 5.44. The molecule has 0 aliphatic heterocycles. The Labute approximate surface area is 82.1 Å². The summed E-state index contributed by atoms with van der Waals surface area (Å²) in [5, 5.41) is 12.3. The molecule has 0 amide bonds. The van der Waals surface area contributed by atoms with Gasteiger partial charge in [-0.15, -0.1) is 10.2 Å². The van der Waals surface area contributed by atoms with E-state index < -0.39 is 0 Å². The van der Waals surface area contributed by atoms with Crippen molar-refractivity contribution in [1.82, 2.24) is 20.2 Å². The fourth-order valence-corrected chi connectivity index (χ4v) is 1.77. The van der Waals surface area contributed by atoms with Crippen LogP contribution in [0, 0.1) is 0 Å². The zero-order valence-electron chi connectivity index (χ0n) is 7.97. The molecule has 0 aliphatic rings. The van der Waals surface area contributed by atoms with Gasteiger partial charge >= 0.3 is 0 Å². The van der Waals surface area contributed by atoms with Crippen molar-refractivity contribution in [2.45, 2.75) is 24.3 Å². The molecule has 0 fully saturated rings. The van der Waals surface area contributed by atoms with E-state index in [1.54, 1.807) is 7.05 Å². The molecular weight excluding hydrogens is 186 g/mol. The third-order valence-electron chi connectivity index (χ3n) is 1.62. The molecule has 6 heteroatoms. The zero-order chi connectivity index (χ0) is 9.68. The molecule has 2 N–H and O–H groups in total. The minimum atomic E-state index is 0.564. The number of hydrogen-bond donors (Lipinski definition) is 1. The maximum atomic E-state index is 5.44. The highest BCUT2D eigenvalue weighted by Crippen LogP contribution is 2.16. The van der Waals surface area contributed by atoms with E-state index in [0.717, 1.165) is 24.5 Å². The van der Waals surface area contributed by atoms with Crippen LogP contribution in [-0.4, -0.2) is 32.0 Å². The molecule has 0 saturated carbocycles. The summed E-state index contributed by atoms with van der Waals surface area (Å²) in [7, 11) is 1.77. The smallest absolute Gasteiger partial charge is 0.184 e. The Morgan fingerprint density at radius 1 is 1.62 bits per heavy atom. The molecule has 0 radical (unpaired) electrons. The summed E-state index contributed by atoms with van der Waals surface area (Å²) in [5.41, 5.74) is 5.44. The lowest BCUT2D eigenvalue weighted by Gasteiger charge is -2.06. The Morgan fingerprint density at radius 2 is 2.38 bits per heavy atom.